The van der Waals surface area contributed by atoms with Crippen molar-refractivity contribution < 1.29 is 28.3 Å². The van der Waals surface area contributed by atoms with Crippen molar-refractivity contribution in [3.63, 3.8) is 0 Å². The molecule has 280 valence electrons. The molecule has 0 bridgehead atoms. The van der Waals surface area contributed by atoms with Gasteiger partial charge in [-0.25, -0.2) is 13.2 Å². The van der Waals surface area contributed by atoms with Gasteiger partial charge in [-0.1, -0.05) is 80.7 Å². The van der Waals surface area contributed by atoms with E-state index in [9.17, 15) is 23.1 Å². The Hall–Kier alpha value is -4.33. The normalized spacial score (nSPS) is 17.9. The maximum Gasteiger partial charge on any atom is 0.321 e. The Labute approximate surface area is 307 Å². The average Bonchev–Trinajstić information content (AvgIpc) is 3.79. The van der Waals surface area contributed by atoms with Crippen LogP contribution in [0.2, 0.25) is 0 Å². The number of aliphatic hydroxyl groups excluding tert-OH is 1. The summed E-state index contributed by atoms with van der Waals surface area (Å²) in [5, 5.41) is 27.0. The highest BCUT2D eigenvalue weighted by molar-refractivity contribution is 7.89. The molecule has 2 fully saturated rings. The number of rotatable bonds is 17. The molecule has 3 amide bonds. The van der Waals surface area contributed by atoms with Gasteiger partial charge >= 0.3 is 6.03 Å². The third kappa shape index (κ3) is 9.55. The molecule has 52 heavy (non-hydrogen) atoms. The molecule has 0 spiro atoms. The van der Waals surface area contributed by atoms with Crippen LogP contribution in [0.4, 0.5) is 4.79 Å². The number of urea groups is 1. The van der Waals surface area contributed by atoms with Gasteiger partial charge in [-0.2, -0.15) is 4.31 Å². The molecule has 13 heteroatoms. The molecule has 3 N–H and O–H groups in total. The van der Waals surface area contributed by atoms with E-state index in [1.807, 2.05) is 57.2 Å². The van der Waals surface area contributed by atoms with Crippen LogP contribution < -0.4 is 5.32 Å². The largest absolute Gasteiger partial charge is 0.411 e. The number of aliphatic hydroxyl groups is 1. The Morgan fingerprint density at radius 3 is 2.46 bits per heavy atom. The van der Waals surface area contributed by atoms with E-state index in [2.05, 4.69) is 15.5 Å². The molecule has 3 aromatic rings. The number of aromatic nitrogens is 1. The van der Waals surface area contributed by atoms with Crippen molar-refractivity contribution in [2.45, 2.75) is 88.9 Å². The highest BCUT2D eigenvalue weighted by Gasteiger charge is 2.41. The van der Waals surface area contributed by atoms with Crippen molar-refractivity contribution in [1.82, 2.24) is 24.4 Å². The minimum atomic E-state index is -4.05. The van der Waals surface area contributed by atoms with Gasteiger partial charge in [0.25, 0.3) is 0 Å². The van der Waals surface area contributed by atoms with Crippen molar-refractivity contribution in [2.24, 2.45) is 17.0 Å². The molecular weight excluding hydrogens is 681 g/mol. The van der Waals surface area contributed by atoms with E-state index in [4.69, 9.17) is 5.21 Å². The van der Waals surface area contributed by atoms with E-state index in [-0.39, 0.29) is 48.2 Å². The first-order chi connectivity index (χ1) is 25.0. The molecule has 0 radical (unpaired) electrons. The summed E-state index contributed by atoms with van der Waals surface area (Å²) in [5.41, 5.74) is 3.39. The van der Waals surface area contributed by atoms with Crippen LogP contribution in [0.25, 0.3) is 0 Å². The third-order valence-electron chi connectivity index (χ3n) is 10.6. The van der Waals surface area contributed by atoms with Crippen LogP contribution in [0, 0.1) is 18.8 Å². The van der Waals surface area contributed by atoms with Crippen LogP contribution in [0.5, 0.6) is 0 Å². The Kier molecular flexibility index (Phi) is 13.4. The zero-order valence-corrected chi connectivity index (χ0v) is 31.2. The van der Waals surface area contributed by atoms with Crippen molar-refractivity contribution in [3.05, 3.63) is 95.3 Å². The number of amides is 3. The monoisotopic (exact) mass is 732 g/mol. The molecule has 2 heterocycles. The topological polar surface area (TPSA) is 156 Å². The van der Waals surface area contributed by atoms with Gasteiger partial charge in [0.2, 0.25) is 15.9 Å². The van der Waals surface area contributed by atoms with Crippen LogP contribution in [-0.4, -0.2) is 100 Å². The number of nitrogens with zero attached hydrogens (tertiary/aromatic N) is 5. The number of carbonyl (C=O) groups is 2. The van der Waals surface area contributed by atoms with E-state index < -0.39 is 28.2 Å². The van der Waals surface area contributed by atoms with Gasteiger partial charge in [0.15, 0.2) is 0 Å². The van der Waals surface area contributed by atoms with Crippen LogP contribution in [0.3, 0.4) is 0 Å². The number of carbonyl (C=O) groups excluding carboxylic acids is 2. The van der Waals surface area contributed by atoms with E-state index in [0.29, 0.717) is 31.6 Å². The van der Waals surface area contributed by atoms with Crippen LogP contribution >= 0.6 is 0 Å². The van der Waals surface area contributed by atoms with Crippen molar-refractivity contribution >= 4 is 28.2 Å². The number of hydrogen-bond donors (Lipinski definition) is 3. The zero-order chi connectivity index (χ0) is 37.3. The number of hydrogen-bond acceptors (Lipinski definition) is 8. The lowest BCUT2D eigenvalue weighted by Crippen LogP contribution is -2.57. The van der Waals surface area contributed by atoms with Crippen LogP contribution in [-0.2, 0) is 27.8 Å². The highest BCUT2D eigenvalue weighted by atomic mass is 32.2. The average molecular weight is 733 g/mol. The molecule has 2 aromatic carbocycles. The number of pyridine rings is 1. The number of benzene rings is 2. The molecule has 12 nitrogen and oxygen atoms in total. The molecule has 5 rings (SSSR count). The van der Waals surface area contributed by atoms with Gasteiger partial charge in [0.05, 0.1) is 23.3 Å². The summed E-state index contributed by atoms with van der Waals surface area (Å²) in [6.07, 6.45) is 8.18. The second-order valence-electron chi connectivity index (χ2n) is 14.2. The predicted molar refractivity (Wildman–Crippen MR) is 199 cm³/mol. The summed E-state index contributed by atoms with van der Waals surface area (Å²) in [4.78, 5) is 35.8. The summed E-state index contributed by atoms with van der Waals surface area (Å²) in [6.45, 7) is 7.15. The molecule has 1 aliphatic heterocycles. The standard InChI is InChI=1S/C39H52N6O6S/c1-4-28(2)37(45-21-20-43(39(45)48)26-33-24-40-19-18-29(33)3)38(47)42-35(22-30-10-6-5-7-11-30)36(46)27-44(25-32-12-8-9-13-32)52(50,51)34-16-14-31(15-17-34)23-41-49/h5-7,10-11,14-19,23-24,28,32,35-37,46,49H,4,8-9,12-13,20-22,25-27H2,1-3H3,(H,42,47)/b41-23+/t28-,35-,36+,37-/m0/s1. The molecule has 1 saturated carbocycles. The van der Waals surface area contributed by atoms with E-state index in [1.165, 1.54) is 22.7 Å². The first kappa shape index (κ1) is 38.9. The number of sulfonamides is 1. The molecular formula is C39H52N6O6S. The van der Waals surface area contributed by atoms with E-state index >= 15 is 0 Å². The van der Waals surface area contributed by atoms with Gasteiger partial charge in [0.1, 0.15) is 6.04 Å². The Morgan fingerprint density at radius 1 is 1.10 bits per heavy atom. The Bertz CT molecular complexity index is 1770. The second-order valence-corrected chi connectivity index (χ2v) is 16.1. The fourth-order valence-corrected chi connectivity index (χ4v) is 8.79. The zero-order valence-electron chi connectivity index (χ0n) is 30.3. The minimum absolute atomic E-state index is 0.0619. The van der Waals surface area contributed by atoms with E-state index in [1.54, 1.807) is 34.3 Å². The molecule has 2 aliphatic rings. The van der Waals surface area contributed by atoms with Gasteiger partial charge in [-0.3, -0.25) is 9.78 Å². The molecule has 1 saturated heterocycles. The van der Waals surface area contributed by atoms with Gasteiger partial charge in [-0.05, 0) is 78.5 Å². The van der Waals surface area contributed by atoms with Crippen molar-refractivity contribution in [2.75, 3.05) is 26.2 Å². The lowest BCUT2D eigenvalue weighted by atomic mass is 9.95. The molecule has 4 atom stereocenters. The predicted octanol–water partition coefficient (Wildman–Crippen LogP) is 4.82. The summed E-state index contributed by atoms with van der Waals surface area (Å²) >= 11 is 0. The minimum Gasteiger partial charge on any atom is -0.411 e. The maximum absolute atomic E-state index is 14.4. The molecule has 0 unspecified atom stereocenters. The summed E-state index contributed by atoms with van der Waals surface area (Å²) in [5.74, 6) is -0.413. The quantitative estimate of drug-likeness (QED) is 0.102. The van der Waals surface area contributed by atoms with Gasteiger partial charge in [0, 0.05) is 45.1 Å². The fraction of sp³-hybridized carbons (Fsp3) is 0.487. The van der Waals surface area contributed by atoms with Crippen molar-refractivity contribution in [1.29, 1.82) is 0 Å². The third-order valence-corrected chi connectivity index (χ3v) is 12.4. The second kappa shape index (κ2) is 17.9. The molecule has 1 aliphatic carbocycles. The lowest BCUT2D eigenvalue weighted by Gasteiger charge is -2.35. The SMILES string of the molecule is CC[C@H](C)[C@@H](C(=O)N[C@@H](Cc1ccccc1)[C@H](O)CN(CC1CCCC1)S(=O)(=O)c1ccc(/C=N/O)cc1)N1CCN(Cc2cnccc2C)C1=O. The smallest absolute Gasteiger partial charge is 0.321 e. The number of nitrogens with one attached hydrogen (secondary N) is 1. The van der Waals surface area contributed by atoms with Gasteiger partial charge in [-0.15, -0.1) is 0 Å². The Morgan fingerprint density at radius 2 is 1.81 bits per heavy atom. The highest BCUT2D eigenvalue weighted by Crippen LogP contribution is 2.29. The first-order valence-electron chi connectivity index (χ1n) is 18.3. The summed E-state index contributed by atoms with van der Waals surface area (Å²) in [6, 6.07) is 15.6. The lowest BCUT2D eigenvalue weighted by molar-refractivity contribution is -0.128. The fourth-order valence-electron chi connectivity index (χ4n) is 7.25. The summed E-state index contributed by atoms with van der Waals surface area (Å²) < 4.78 is 29.6. The Balaban J connectivity index is 1.40. The number of oxime groups is 1. The molecule has 1 aromatic heterocycles. The maximum atomic E-state index is 14.4. The van der Waals surface area contributed by atoms with Crippen LogP contribution in [0.15, 0.2) is 83.1 Å². The van der Waals surface area contributed by atoms with Gasteiger partial charge < -0.3 is 25.4 Å². The number of aryl methyl sites for hydroxylation is 1. The first-order valence-corrected chi connectivity index (χ1v) is 19.7. The van der Waals surface area contributed by atoms with Crippen LogP contribution in [0.1, 0.15) is 68.2 Å². The van der Waals surface area contributed by atoms with E-state index in [0.717, 1.165) is 42.4 Å². The summed E-state index contributed by atoms with van der Waals surface area (Å²) in [7, 11) is -4.05. The van der Waals surface area contributed by atoms with Crippen molar-refractivity contribution in [3.8, 4) is 0 Å².